The minimum Gasteiger partial charge on any atom is -0.448 e. The molecule has 0 saturated carbocycles. The number of carbonyl (C=O) groups is 2. The predicted molar refractivity (Wildman–Crippen MR) is 96.7 cm³/mol. The third-order valence-electron chi connectivity index (χ3n) is 3.82. The maximum absolute atomic E-state index is 13.2. The SMILES string of the molecule is C[C@@H](OC(=O)c1cc2cc(F)ccc2s1)C(=O)Nc1ccccc1C(F)(F)F. The number of hydrogen-bond donors (Lipinski definition) is 1. The van der Waals surface area contributed by atoms with E-state index in [-0.39, 0.29) is 4.88 Å². The molecule has 0 fully saturated rings. The fourth-order valence-corrected chi connectivity index (χ4v) is 3.39. The monoisotopic (exact) mass is 411 g/mol. The number of thiophene rings is 1. The Balaban J connectivity index is 1.71. The van der Waals surface area contributed by atoms with Crippen LogP contribution in [0.5, 0.6) is 0 Å². The van der Waals surface area contributed by atoms with Crippen LogP contribution in [0.15, 0.2) is 48.5 Å². The van der Waals surface area contributed by atoms with Crippen LogP contribution in [0.2, 0.25) is 0 Å². The van der Waals surface area contributed by atoms with Crippen LogP contribution in [0.4, 0.5) is 23.2 Å². The molecule has 0 spiro atoms. The van der Waals surface area contributed by atoms with Crippen LogP contribution < -0.4 is 5.32 Å². The molecule has 0 aliphatic heterocycles. The van der Waals surface area contributed by atoms with Gasteiger partial charge in [0, 0.05) is 4.70 Å². The Morgan fingerprint density at radius 1 is 1.11 bits per heavy atom. The average molecular weight is 411 g/mol. The number of halogens is 4. The van der Waals surface area contributed by atoms with Crippen LogP contribution in [-0.4, -0.2) is 18.0 Å². The van der Waals surface area contributed by atoms with Gasteiger partial charge in [0.05, 0.1) is 11.3 Å². The number of anilines is 1. The molecule has 0 unspecified atom stereocenters. The van der Waals surface area contributed by atoms with Crippen molar-refractivity contribution < 1.29 is 31.9 Å². The highest BCUT2D eigenvalue weighted by Crippen LogP contribution is 2.34. The third kappa shape index (κ3) is 4.30. The van der Waals surface area contributed by atoms with Crippen LogP contribution in [0.1, 0.15) is 22.2 Å². The van der Waals surface area contributed by atoms with Crippen molar-refractivity contribution in [2.24, 2.45) is 0 Å². The zero-order valence-corrected chi connectivity index (χ0v) is 15.2. The molecule has 0 aliphatic carbocycles. The van der Waals surface area contributed by atoms with Gasteiger partial charge in [-0.25, -0.2) is 9.18 Å². The van der Waals surface area contributed by atoms with Crippen molar-refractivity contribution in [2.75, 3.05) is 5.32 Å². The summed E-state index contributed by atoms with van der Waals surface area (Å²) in [5.41, 5.74) is -1.44. The Kier molecular flexibility index (Phi) is 5.37. The first-order valence-electron chi connectivity index (χ1n) is 8.02. The largest absolute Gasteiger partial charge is 0.448 e. The standard InChI is InChI=1S/C19H13F4NO3S/c1-10(17(25)24-14-5-3-2-4-13(14)19(21,22)23)27-18(26)16-9-11-8-12(20)6-7-15(11)28-16/h2-10H,1H3,(H,24,25)/t10-/m1/s1. The summed E-state index contributed by atoms with van der Waals surface area (Å²) in [7, 11) is 0. The van der Waals surface area contributed by atoms with E-state index in [4.69, 9.17) is 4.74 Å². The highest BCUT2D eigenvalue weighted by atomic mass is 32.1. The van der Waals surface area contributed by atoms with Crippen molar-refractivity contribution in [1.82, 2.24) is 0 Å². The summed E-state index contributed by atoms with van der Waals surface area (Å²) in [6.07, 6.45) is -5.98. The zero-order valence-electron chi connectivity index (χ0n) is 14.3. The van der Waals surface area contributed by atoms with Crippen LogP contribution in [0.25, 0.3) is 10.1 Å². The van der Waals surface area contributed by atoms with Gasteiger partial charge in [-0.15, -0.1) is 11.3 Å². The molecular formula is C19H13F4NO3S. The fourth-order valence-electron chi connectivity index (χ4n) is 2.46. The Morgan fingerprint density at radius 2 is 1.82 bits per heavy atom. The van der Waals surface area contributed by atoms with Crippen molar-refractivity contribution in [3.05, 3.63) is 64.8 Å². The van der Waals surface area contributed by atoms with E-state index >= 15 is 0 Å². The highest BCUT2D eigenvalue weighted by molar-refractivity contribution is 7.20. The van der Waals surface area contributed by atoms with Gasteiger partial charge in [-0.05, 0) is 48.7 Å². The lowest BCUT2D eigenvalue weighted by atomic mass is 10.1. The van der Waals surface area contributed by atoms with Crippen molar-refractivity contribution in [3.63, 3.8) is 0 Å². The van der Waals surface area contributed by atoms with Gasteiger partial charge in [0.15, 0.2) is 6.10 Å². The molecule has 28 heavy (non-hydrogen) atoms. The van der Waals surface area contributed by atoms with Crippen molar-refractivity contribution >= 4 is 39.0 Å². The molecule has 1 N–H and O–H groups in total. The second kappa shape index (κ2) is 7.59. The molecule has 0 aliphatic rings. The Hall–Kier alpha value is -2.94. The molecule has 3 aromatic rings. The lowest BCUT2D eigenvalue weighted by molar-refractivity contribution is -0.137. The van der Waals surface area contributed by atoms with Gasteiger partial charge in [-0.2, -0.15) is 13.2 Å². The number of carbonyl (C=O) groups excluding carboxylic acids is 2. The summed E-state index contributed by atoms with van der Waals surface area (Å²) in [4.78, 5) is 24.5. The van der Waals surface area contributed by atoms with Crippen molar-refractivity contribution in [1.29, 1.82) is 0 Å². The molecule has 9 heteroatoms. The zero-order chi connectivity index (χ0) is 20.5. The topological polar surface area (TPSA) is 55.4 Å². The summed E-state index contributed by atoms with van der Waals surface area (Å²) < 4.78 is 57.9. The number of fused-ring (bicyclic) bond motifs is 1. The molecule has 0 saturated heterocycles. The molecule has 1 amide bonds. The molecule has 146 valence electrons. The lowest BCUT2D eigenvalue weighted by Crippen LogP contribution is -2.30. The Bertz CT molecular complexity index is 1050. The highest BCUT2D eigenvalue weighted by Gasteiger charge is 2.34. The molecule has 1 heterocycles. The molecule has 1 aromatic heterocycles. The first-order valence-corrected chi connectivity index (χ1v) is 8.84. The second-order valence-electron chi connectivity index (χ2n) is 5.87. The van der Waals surface area contributed by atoms with E-state index in [1.54, 1.807) is 0 Å². The van der Waals surface area contributed by atoms with E-state index in [0.717, 1.165) is 23.5 Å². The van der Waals surface area contributed by atoms with Crippen molar-refractivity contribution in [2.45, 2.75) is 19.2 Å². The third-order valence-corrected chi connectivity index (χ3v) is 4.92. The normalized spacial score (nSPS) is 12.6. The molecule has 3 rings (SSSR count). The van der Waals surface area contributed by atoms with E-state index in [0.29, 0.717) is 10.1 Å². The van der Waals surface area contributed by atoms with Gasteiger partial charge in [0.25, 0.3) is 5.91 Å². The summed E-state index contributed by atoms with van der Waals surface area (Å²) >= 11 is 1.06. The van der Waals surface area contributed by atoms with Gasteiger partial charge < -0.3 is 10.1 Å². The van der Waals surface area contributed by atoms with E-state index < -0.39 is 41.2 Å². The van der Waals surface area contributed by atoms with Gasteiger partial charge in [-0.3, -0.25) is 4.79 Å². The number of benzene rings is 2. The number of alkyl halides is 3. The molecular weight excluding hydrogens is 398 g/mol. The summed E-state index contributed by atoms with van der Waals surface area (Å²) in [6.45, 7) is 1.25. The van der Waals surface area contributed by atoms with Crippen molar-refractivity contribution in [3.8, 4) is 0 Å². The smallest absolute Gasteiger partial charge is 0.418 e. The minimum atomic E-state index is -4.64. The average Bonchev–Trinajstić information content (AvgIpc) is 3.04. The number of esters is 1. The molecule has 1 atom stereocenters. The summed E-state index contributed by atoms with van der Waals surface area (Å²) in [5, 5.41) is 2.63. The van der Waals surface area contributed by atoms with E-state index in [9.17, 15) is 27.2 Å². The lowest BCUT2D eigenvalue weighted by Gasteiger charge is -2.16. The summed E-state index contributed by atoms with van der Waals surface area (Å²) in [5.74, 6) is -2.19. The van der Waals surface area contributed by atoms with Gasteiger partial charge in [0.2, 0.25) is 0 Å². The van der Waals surface area contributed by atoms with Gasteiger partial charge in [-0.1, -0.05) is 12.1 Å². The van der Waals surface area contributed by atoms with Gasteiger partial charge in [0.1, 0.15) is 10.7 Å². The Labute approximate surface area is 160 Å². The molecule has 0 bridgehead atoms. The van der Waals surface area contributed by atoms with Crippen LogP contribution in [0, 0.1) is 5.82 Å². The molecule has 4 nitrogen and oxygen atoms in total. The Morgan fingerprint density at radius 3 is 2.54 bits per heavy atom. The van der Waals surface area contributed by atoms with E-state index in [1.165, 1.54) is 43.3 Å². The first kappa shape index (κ1) is 19.8. The number of nitrogens with one attached hydrogen (secondary N) is 1. The van der Waals surface area contributed by atoms with E-state index in [1.807, 2.05) is 0 Å². The number of hydrogen-bond acceptors (Lipinski definition) is 4. The fraction of sp³-hybridized carbons (Fsp3) is 0.158. The van der Waals surface area contributed by atoms with Crippen LogP contribution in [-0.2, 0) is 15.7 Å². The van der Waals surface area contributed by atoms with Gasteiger partial charge >= 0.3 is 12.1 Å². The molecule has 0 radical (unpaired) electrons. The number of para-hydroxylation sites is 1. The maximum atomic E-state index is 13.2. The molecule has 2 aromatic carbocycles. The summed E-state index contributed by atoms with van der Waals surface area (Å²) in [6, 6.07) is 9.93. The number of ether oxygens (including phenoxy) is 1. The van der Waals surface area contributed by atoms with Crippen LogP contribution >= 0.6 is 11.3 Å². The first-order chi connectivity index (χ1) is 13.1. The second-order valence-corrected chi connectivity index (χ2v) is 6.96. The maximum Gasteiger partial charge on any atom is 0.418 e. The van der Waals surface area contributed by atoms with Crippen LogP contribution in [0.3, 0.4) is 0 Å². The number of rotatable bonds is 4. The van der Waals surface area contributed by atoms with E-state index in [2.05, 4.69) is 5.32 Å². The quantitative estimate of drug-likeness (QED) is 0.472. The minimum absolute atomic E-state index is 0.149. The number of amides is 1. The predicted octanol–water partition coefficient (Wildman–Crippen LogP) is 5.24.